The van der Waals surface area contributed by atoms with Gasteiger partial charge in [0.1, 0.15) is 5.75 Å². The van der Waals surface area contributed by atoms with Gasteiger partial charge in [-0.2, -0.15) is 0 Å². The van der Waals surface area contributed by atoms with Gasteiger partial charge in [-0.05, 0) is 24.1 Å². The van der Waals surface area contributed by atoms with Gasteiger partial charge in [0.2, 0.25) is 0 Å². The van der Waals surface area contributed by atoms with Crippen molar-refractivity contribution in [2.75, 3.05) is 0 Å². The molecule has 4 nitrogen and oxygen atoms in total. The van der Waals surface area contributed by atoms with Crippen molar-refractivity contribution >= 4 is 0 Å². The Morgan fingerprint density at radius 2 is 2.06 bits per heavy atom. The summed E-state index contributed by atoms with van der Waals surface area (Å²) in [5.41, 5.74) is 8.20. The first-order chi connectivity index (χ1) is 7.66. The van der Waals surface area contributed by atoms with Crippen molar-refractivity contribution in [3.05, 3.63) is 48.0 Å². The predicted octanol–water partition coefficient (Wildman–Crippen LogP) is 1.37. The molecule has 4 heteroatoms. The Morgan fingerprint density at radius 1 is 1.38 bits per heavy atom. The van der Waals surface area contributed by atoms with Crippen LogP contribution in [-0.2, 0) is 13.5 Å². The van der Waals surface area contributed by atoms with Gasteiger partial charge in [0.15, 0.2) is 0 Å². The molecule has 1 heterocycles. The lowest BCUT2D eigenvalue weighted by Crippen LogP contribution is -2.16. The lowest BCUT2D eigenvalue weighted by atomic mass is 10.0. The fourth-order valence-electron chi connectivity index (χ4n) is 1.72. The molecular weight excluding hydrogens is 202 g/mol. The lowest BCUT2D eigenvalue weighted by Gasteiger charge is -2.12. The minimum absolute atomic E-state index is 0.0722. The molecule has 84 valence electrons. The van der Waals surface area contributed by atoms with Gasteiger partial charge in [-0.15, -0.1) is 0 Å². The number of aromatic hydroxyl groups is 1. The van der Waals surface area contributed by atoms with Crippen molar-refractivity contribution in [3.63, 3.8) is 0 Å². The highest BCUT2D eigenvalue weighted by molar-refractivity contribution is 5.27. The number of aryl methyl sites for hydroxylation is 1. The highest BCUT2D eigenvalue weighted by Gasteiger charge is 2.10. The van der Waals surface area contributed by atoms with Crippen LogP contribution in [0.15, 0.2) is 36.8 Å². The first kappa shape index (κ1) is 10.7. The Balaban J connectivity index is 2.10. The Morgan fingerprint density at radius 3 is 2.62 bits per heavy atom. The summed E-state index contributed by atoms with van der Waals surface area (Å²) in [5.74, 6) is 0.276. The average Bonchev–Trinajstić information content (AvgIpc) is 2.68. The number of imidazole rings is 1. The van der Waals surface area contributed by atoms with Crippen LogP contribution in [0.4, 0.5) is 0 Å². The van der Waals surface area contributed by atoms with Crippen LogP contribution in [0.2, 0.25) is 0 Å². The molecule has 0 aliphatic rings. The molecule has 2 rings (SSSR count). The number of nitrogens with two attached hydrogens (primary N) is 1. The van der Waals surface area contributed by atoms with Crippen molar-refractivity contribution in [1.29, 1.82) is 0 Å². The molecule has 0 saturated carbocycles. The summed E-state index contributed by atoms with van der Waals surface area (Å²) in [6, 6.07) is 7.03. The molecule has 0 bridgehead atoms. The molecule has 1 aromatic carbocycles. The zero-order chi connectivity index (χ0) is 11.5. The van der Waals surface area contributed by atoms with Gasteiger partial charge in [-0.1, -0.05) is 12.1 Å². The molecule has 0 spiro atoms. The van der Waals surface area contributed by atoms with Gasteiger partial charge in [0.05, 0.1) is 18.1 Å². The lowest BCUT2D eigenvalue weighted by molar-refractivity contribution is 0.475. The maximum Gasteiger partial charge on any atom is 0.115 e. The van der Waals surface area contributed by atoms with Crippen LogP contribution < -0.4 is 5.73 Å². The third-order valence-corrected chi connectivity index (χ3v) is 2.63. The molecule has 1 atom stereocenters. The molecule has 3 N–H and O–H groups in total. The minimum Gasteiger partial charge on any atom is -0.508 e. The van der Waals surface area contributed by atoms with E-state index in [0.717, 1.165) is 17.7 Å². The second kappa shape index (κ2) is 4.37. The maximum absolute atomic E-state index is 9.17. The number of hydrogen-bond donors (Lipinski definition) is 2. The minimum atomic E-state index is -0.0722. The van der Waals surface area contributed by atoms with Gasteiger partial charge in [-0.25, -0.2) is 4.98 Å². The number of hydrogen-bond acceptors (Lipinski definition) is 3. The molecule has 0 fully saturated rings. The van der Waals surface area contributed by atoms with E-state index in [1.54, 1.807) is 24.7 Å². The molecule has 1 aromatic heterocycles. The largest absolute Gasteiger partial charge is 0.508 e. The van der Waals surface area contributed by atoms with Crippen LogP contribution in [0.1, 0.15) is 17.3 Å². The summed E-state index contributed by atoms with van der Waals surface area (Å²) < 4.78 is 1.92. The number of phenolic OH excluding ortho intramolecular Hbond substituents is 1. The molecule has 0 radical (unpaired) electrons. The van der Waals surface area contributed by atoms with Gasteiger partial charge >= 0.3 is 0 Å². The molecule has 0 aliphatic heterocycles. The molecule has 0 amide bonds. The van der Waals surface area contributed by atoms with Crippen LogP contribution in [0.5, 0.6) is 5.75 Å². The number of benzene rings is 1. The van der Waals surface area contributed by atoms with Gasteiger partial charge in [0.25, 0.3) is 0 Å². The topological polar surface area (TPSA) is 64.1 Å². The Labute approximate surface area is 94.4 Å². The van der Waals surface area contributed by atoms with E-state index < -0.39 is 0 Å². The van der Waals surface area contributed by atoms with Crippen molar-refractivity contribution in [2.24, 2.45) is 12.8 Å². The fourth-order valence-corrected chi connectivity index (χ4v) is 1.72. The molecule has 1 unspecified atom stereocenters. The van der Waals surface area contributed by atoms with E-state index in [1.165, 1.54) is 0 Å². The fraction of sp³-hybridized carbons (Fsp3) is 0.250. The van der Waals surface area contributed by atoms with Gasteiger partial charge in [0, 0.05) is 13.2 Å². The second-order valence-electron chi connectivity index (χ2n) is 3.91. The highest BCUT2D eigenvalue weighted by atomic mass is 16.3. The second-order valence-corrected chi connectivity index (χ2v) is 3.91. The zero-order valence-corrected chi connectivity index (χ0v) is 9.17. The van der Waals surface area contributed by atoms with Crippen molar-refractivity contribution in [3.8, 4) is 5.75 Å². The normalized spacial score (nSPS) is 12.6. The zero-order valence-electron chi connectivity index (χ0n) is 9.17. The van der Waals surface area contributed by atoms with Crippen LogP contribution in [0.25, 0.3) is 0 Å². The summed E-state index contributed by atoms with van der Waals surface area (Å²) in [4.78, 5) is 4.04. The summed E-state index contributed by atoms with van der Waals surface area (Å²) >= 11 is 0. The average molecular weight is 217 g/mol. The van der Waals surface area contributed by atoms with Crippen LogP contribution in [0, 0.1) is 0 Å². The van der Waals surface area contributed by atoms with E-state index in [-0.39, 0.29) is 11.8 Å². The Hall–Kier alpha value is -1.81. The van der Waals surface area contributed by atoms with Crippen molar-refractivity contribution < 1.29 is 5.11 Å². The molecule has 0 saturated heterocycles. The number of nitrogens with zero attached hydrogens (tertiary/aromatic N) is 2. The number of phenols is 1. The maximum atomic E-state index is 9.17. The van der Waals surface area contributed by atoms with E-state index >= 15 is 0 Å². The Bertz CT molecular complexity index is 461. The van der Waals surface area contributed by atoms with Crippen LogP contribution in [-0.4, -0.2) is 14.7 Å². The van der Waals surface area contributed by atoms with Gasteiger partial charge in [-0.3, -0.25) is 0 Å². The first-order valence-electron chi connectivity index (χ1n) is 5.16. The van der Waals surface area contributed by atoms with Crippen molar-refractivity contribution in [1.82, 2.24) is 9.55 Å². The van der Waals surface area contributed by atoms with E-state index in [0.29, 0.717) is 0 Å². The highest BCUT2D eigenvalue weighted by Crippen LogP contribution is 2.17. The summed E-state index contributed by atoms with van der Waals surface area (Å²) in [5, 5.41) is 9.17. The number of aromatic nitrogens is 2. The summed E-state index contributed by atoms with van der Waals surface area (Å²) in [6.07, 6.45) is 4.26. The van der Waals surface area contributed by atoms with Crippen LogP contribution in [0.3, 0.4) is 0 Å². The van der Waals surface area contributed by atoms with E-state index in [4.69, 9.17) is 5.73 Å². The number of rotatable bonds is 3. The first-order valence-corrected chi connectivity index (χ1v) is 5.16. The predicted molar refractivity (Wildman–Crippen MR) is 61.9 cm³/mol. The molecular formula is C12H15N3O. The summed E-state index contributed by atoms with van der Waals surface area (Å²) in [7, 11) is 1.93. The molecule has 16 heavy (non-hydrogen) atoms. The van der Waals surface area contributed by atoms with Crippen molar-refractivity contribution in [2.45, 2.75) is 12.5 Å². The quantitative estimate of drug-likeness (QED) is 0.816. The monoisotopic (exact) mass is 217 g/mol. The third kappa shape index (κ3) is 2.23. The SMILES string of the molecule is Cn1cncc1C(N)Cc1ccc(O)cc1. The third-order valence-electron chi connectivity index (χ3n) is 2.63. The smallest absolute Gasteiger partial charge is 0.115 e. The van der Waals surface area contributed by atoms with Crippen LogP contribution >= 0.6 is 0 Å². The van der Waals surface area contributed by atoms with E-state index in [2.05, 4.69) is 4.98 Å². The molecule has 0 aliphatic carbocycles. The van der Waals surface area contributed by atoms with Gasteiger partial charge < -0.3 is 15.4 Å². The molecule has 2 aromatic rings. The standard InChI is InChI=1S/C12H15N3O/c1-15-8-14-7-12(15)11(13)6-9-2-4-10(16)5-3-9/h2-5,7-8,11,16H,6,13H2,1H3. The van der Waals surface area contributed by atoms with E-state index in [1.807, 2.05) is 23.7 Å². The Kier molecular flexibility index (Phi) is 2.92. The summed E-state index contributed by atoms with van der Waals surface area (Å²) in [6.45, 7) is 0. The van der Waals surface area contributed by atoms with E-state index in [9.17, 15) is 5.11 Å².